The van der Waals surface area contributed by atoms with Gasteiger partial charge < -0.3 is 15.6 Å². The van der Waals surface area contributed by atoms with E-state index in [4.69, 9.17) is 0 Å². The van der Waals surface area contributed by atoms with Gasteiger partial charge in [-0.05, 0) is 19.9 Å². The van der Waals surface area contributed by atoms with E-state index in [0.29, 0.717) is 0 Å². The molecule has 5 heteroatoms. The van der Waals surface area contributed by atoms with Crippen LogP contribution in [0, 0.1) is 6.92 Å². The van der Waals surface area contributed by atoms with Gasteiger partial charge >= 0.3 is 0 Å². The molecule has 0 aliphatic rings. The van der Waals surface area contributed by atoms with E-state index < -0.39 is 0 Å². The number of amides is 1. The fourth-order valence-corrected chi connectivity index (χ4v) is 2.31. The highest BCUT2D eigenvalue weighted by Crippen LogP contribution is 2.22. The predicted molar refractivity (Wildman–Crippen MR) is 77.7 cm³/mol. The molecule has 106 valence electrons. The highest BCUT2D eigenvalue weighted by atomic mass is 16.2. The Bertz CT molecular complexity index is 646. The van der Waals surface area contributed by atoms with E-state index in [-0.39, 0.29) is 24.3 Å². The number of rotatable bonds is 5. The molecule has 4 N–H and O–H groups in total. The minimum Gasteiger partial charge on any atom is -0.358 e. The number of Topliss-reactive ketones (excluding diaryl/α,β-unsaturated/α-hetero) is 1. The smallest absolute Gasteiger partial charge is 0.274 e. The lowest BCUT2D eigenvalue weighted by Crippen LogP contribution is -2.92. The third kappa shape index (κ3) is 2.72. The SMILES string of the molecule is CNC(=O)C[NH2+][C@@H](C)C(=O)c1c(C)[nH]c2ccccc12. The first kappa shape index (κ1) is 14.3. The average Bonchev–Trinajstić information content (AvgIpc) is 2.79. The number of likely N-dealkylation sites (N-methyl/N-ethyl adjacent to an activating group) is 1. The first-order valence-corrected chi connectivity index (χ1v) is 6.70. The fraction of sp³-hybridized carbons (Fsp3) is 0.333. The van der Waals surface area contributed by atoms with Gasteiger partial charge in [0.25, 0.3) is 5.91 Å². The first-order chi connectivity index (χ1) is 9.54. The number of quaternary nitrogens is 1. The topological polar surface area (TPSA) is 78.6 Å². The number of benzene rings is 1. The van der Waals surface area contributed by atoms with Gasteiger partial charge in [0.05, 0.1) is 5.56 Å². The van der Waals surface area contributed by atoms with Crippen LogP contribution >= 0.6 is 0 Å². The number of nitrogens with one attached hydrogen (secondary N) is 2. The van der Waals surface area contributed by atoms with Gasteiger partial charge in [0.1, 0.15) is 6.04 Å². The molecule has 0 radical (unpaired) electrons. The molecule has 0 spiro atoms. The lowest BCUT2D eigenvalue weighted by Gasteiger charge is -2.09. The van der Waals surface area contributed by atoms with Crippen molar-refractivity contribution in [2.45, 2.75) is 19.9 Å². The van der Waals surface area contributed by atoms with E-state index in [1.54, 1.807) is 12.4 Å². The van der Waals surface area contributed by atoms with Crippen LogP contribution in [-0.4, -0.2) is 36.3 Å². The number of para-hydroxylation sites is 1. The number of fused-ring (bicyclic) bond motifs is 1. The summed E-state index contributed by atoms with van der Waals surface area (Å²) in [5, 5.41) is 5.24. The van der Waals surface area contributed by atoms with Gasteiger partial charge in [0.15, 0.2) is 6.54 Å². The minimum absolute atomic E-state index is 0.0452. The van der Waals surface area contributed by atoms with Crippen molar-refractivity contribution >= 4 is 22.6 Å². The molecule has 20 heavy (non-hydrogen) atoms. The van der Waals surface area contributed by atoms with Crippen LogP contribution in [0.1, 0.15) is 23.0 Å². The standard InChI is InChI=1S/C15H19N3O2/c1-9-14(11-6-4-5-7-12(11)18-9)15(20)10(2)17-8-13(19)16-3/h4-7,10,17-18H,8H2,1-3H3,(H,16,19)/p+1/t10-/m0/s1. The number of hydrogen-bond donors (Lipinski definition) is 3. The van der Waals surface area contributed by atoms with Crippen LogP contribution in [0.4, 0.5) is 0 Å². The van der Waals surface area contributed by atoms with E-state index >= 15 is 0 Å². The molecule has 1 aromatic heterocycles. The van der Waals surface area contributed by atoms with Crippen LogP contribution in [0.5, 0.6) is 0 Å². The number of aromatic amines is 1. The van der Waals surface area contributed by atoms with Gasteiger partial charge in [-0.25, -0.2) is 0 Å². The summed E-state index contributed by atoms with van der Waals surface area (Å²) in [6.07, 6.45) is 0. The predicted octanol–water partition coefficient (Wildman–Crippen LogP) is 0.357. The van der Waals surface area contributed by atoms with Crippen molar-refractivity contribution in [2.75, 3.05) is 13.6 Å². The van der Waals surface area contributed by atoms with E-state index in [0.717, 1.165) is 22.2 Å². The minimum atomic E-state index is -0.287. The Balaban J connectivity index is 2.22. The Labute approximate surface area is 117 Å². The van der Waals surface area contributed by atoms with Crippen molar-refractivity contribution in [2.24, 2.45) is 0 Å². The summed E-state index contributed by atoms with van der Waals surface area (Å²) >= 11 is 0. The highest BCUT2D eigenvalue weighted by molar-refractivity contribution is 6.10. The zero-order chi connectivity index (χ0) is 14.7. The Morgan fingerprint density at radius 1 is 1.35 bits per heavy atom. The molecule has 5 nitrogen and oxygen atoms in total. The number of carbonyl (C=O) groups is 2. The number of nitrogens with two attached hydrogens (primary N) is 1. The van der Waals surface area contributed by atoms with Crippen LogP contribution in [0.3, 0.4) is 0 Å². The van der Waals surface area contributed by atoms with Gasteiger partial charge in [-0.1, -0.05) is 18.2 Å². The monoisotopic (exact) mass is 274 g/mol. The molecule has 0 saturated heterocycles. The second kappa shape index (κ2) is 5.88. The fourth-order valence-electron chi connectivity index (χ4n) is 2.31. The van der Waals surface area contributed by atoms with Crippen LogP contribution < -0.4 is 10.6 Å². The summed E-state index contributed by atoms with van der Waals surface area (Å²) in [6, 6.07) is 7.47. The summed E-state index contributed by atoms with van der Waals surface area (Å²) in [5.41, 5.74) is 2.56. The summed E-state index contributed by atoms with van der Waals surface area (Å²) in [4.78, 5) is 27.0. The quantitative estimate of drug-likeness (QED) is 0.688. The van der Waals surface area contributed by atoms with Crippen LogP contribution in [0.2, 0.25) is 0 Å². The van der Waals surface area contributed by atoms with Gasteiger partial charge in [-0.2, -0.15) is 0 Å². The zero-order valence-corrected chi connectivity index (χ0v) is 12.0. The lowest BCUT2D eigenvalue weighted by molar-refractivity contribution is -0.661. The van der Waals surface area contributed by atoms with Gasteiger partial charge in [-0.15, -0.1) is 0 Å². The number of ketones is 1. The van der Waals surface area contributed by atoms with Crippen molar-refractivity contribution in [1.82, 2.24) is 10.3 Å². The normalized spacial score (nSPS) is 12.3. The number of aromatic nitrogens is 1. The molecule has 2 rings (SSSR count). The van der Waals surface area contributed by atoms with Crippen LogP contribution in [-0.2, 0) is 4.79 Å². The maximum atomic E-state index is 12.6. The molecule has 1 atom stereocenters. The molecule has 1 aromatic carbocycles. The molecule has 0 saturated carbocycles. The molecule has 0 aliphatic heterocycles. The summed E-state index contributed by atoms with van der Waals surface area (Å²) < 4.78 is 0. The maximum absolute atomic E-state index is 12.6. The van der Waals surface area contributed by atoms with Crippen molar-refractivity contribution < 1.29 is 14.9 Å². The van der Waals surface area contributed by atoms with E-state index in [2.05, 4.69) is 10.3 Å². The largest absolute Gasteiger partial charge is 0.358 e. The second-order valence-corrected chi connectivity index (χ2v) is 4.94. The Morgan fingerprint density at radius 3 is 2.75 bits per heavy atom. The van der Waals surface area contributed by atoms with E-state index in [9.17, 15) is 9.59 Å². The molecule has 0 fully saturated rings. The molecule has 2 aromatic rings. The van der Waals surface area contributed by atoms with Crippen molar-refractivity contribution in [3.05, 3.63) is 35.5 Å². The Morgan fingerprint density at radius 2 is 2.05 bits per heavy atom. The number of H-pyrrole nitrogens is 1. The van der Waals surface area contributed by atoms with Gasteiger partial charge in [-0.3, -0.25) is 9.59 Å². The summed E-state index contributed by atoms with van der Waals surface area (Å²) in [7, 11) is 1.59. The second-order valence-electron chi connectivity index (χ2n) is 4.94. The highest BCUT2D eigenvalue weighted by Gasteiger charge is 2.24. The first-order valence-electron chi connectivity index (χ1n) is 6.70. The third-order valence-electron chi connectivity index (χ3n) is 3.49. The number of carbonyl (C=O) groups excluding carboxylic acids is 2. The van der Waals surface area contributed by atoms with E-state index in [1.807, 2.05) is 38.1 Å². The van der Waals surface area contributed by atoms with Crippen LogP contribution in [0.25, 0.3) is 10.9 Å². The third-order valence-corrected chi connectivity index (χ3v) is 3.49. The van der Waals surface area contributed by atoms with Crippen molar-refractivity contribution in [3.63, 3.8) is 0 Å². The van der Waals surface area contributed by atoms with Crippen molar-refractivity contribution in [3.8, 4) is 0 Å². The molecule has 0 unspecified atom stereocenters. The molecular formula is C15H20N3O2+. The maximum Gasteiger partial charge on any atom is 0.274 e. The van der Waals surface area contributed by atoms with Crippen LogP contribution in [0.15, 0.2) is 24.3 Å². The lowest BCUT2D eigenvalue weighted by atomic mass is 10.0. The number of aryl methyl sites for hydroxylation is 1. The van der Waals surface area contributed by atoms with Crippen molar-refractivity contribution in [1.29, 1.82) is 0 Å². The molecule has 1 amide bonds. The molecule has 1 heterocycles. The molecule has 0 aliphatic carbocycles. The molecule has 0 bridgehead atoms. The summed E-state index contributed by atoms with van der Waals surface area (Å²) in [6.45, 7) is 3.98. The zero-order valence-electron chi connectivity index (χ0n) is 12.0. The Hall–Kier alpha value is -2.14. The number of hydrogen-bond acceptors (Lipinski definition) is 2. The van der Waals surface area contributed by atoms with Gasteiger partial charge in [0, 0.05) is 23.6 Å². The van der Waals surface area contributed by atoms with E-state index in [1.165, 1.54) is 0 Å². The summed E-state index contributed by atoms with van der Waals surface area (Å²) in [5.74, 6) is -0.0378. The average molecular weight is 274 g/mol. The van der Waals surface area contributed by atoms with Gasteiger partial charge in [0.2, 0.25) is 5.78 Å². The Kier molecular flexibility index (Phi) is 4.20. The molecular weight excluding hydrogens is 254 g/mol.